The molecule has 0 aliphatic heterocycles. The van der Waals surface area contributed by atoms with E-state index < -0.39 is 76.9 Å². The molecule has 1 amide bonds. The molecule has 2 aromatic carbocycles. The largest absolute Gasteiger partial charge is 0.481 e. The molecule has 0 aliphatic carbocycles. The van der Waals surface area contributed by atoms with Crippen LogP contribution in [-0.2, 0) is 6.54 Å². The summed E-state index contributed by atoms with van der Waals surface area (Å²) in [6.07, 6.45) is -4.63. The first-order valence-corrected chi connectivity index (χ1v) is 10.5. The average Bonchev–Trinajstić information content (AvgIpc) is 3.16. The molecule has 3 aromatic rings. The van der Waals surface area contributed by atoms with E-state index in [0.29, 0.717) is 16.7 Å². The number of anilines is 1. The van der Waals surface area contributed by atoms with E-state index in [1.807, 2.05) is 5.32 Å². The highest BCUT2D eigenvalue weighted by molar-refractivity contribution is 6.34. The van der Waals surface area contributed by atoms with Gasteiger partial charge in [0.25, 0.3) is 12.3 Å². The SMILES string of the molecule is C=CCn1c(C(=O)O)nn(-c2cc(O[C@@H](CF)C(F)F)c(C(=O)Nc3c(F)cccc3Cl)cc2F)c1=O. The molecule has 0 spiro atoms. The van der Waals surface area contributed by atoms with Crippen molar-refractivity contribution in [1.82, 2.24) is 14.3 Å². The number of rotatable bonds is 10. The quantitative estimate of drug-likeness (QED) is 0.292. The molecule has 0 unspecified atom stereocenters. The van der Waals surface area contributed by atoms with Gasteiger partial charge in [0.15, 0.2) is 6.10 Å². The maximum atomic E-state index is 15.1. The number of amides is 1. The van der Waals surface area contributed by atoms with Crippen molar-refractivity contribution in [3.8, 4) is 11.4 Å². The molecular weight excluding hydrogens is 531 g/mol. The number of aromatic carboxylic acids is 1. The lowest BCUT2D eigenvalue weighted by Gasteiger charge is -2.19. The first-order valence-electron chi connectivity index (χ1n) is 10.1. The van der Waals surface area contributed by atoms with Crippen LogP contribution in [0.25, 0.3) is 5.69 Å². The number of hydrogen-bond donors (Lipinski definition) is 2. The maximum absolute atomic E-state index is 15.1. The topological polar surface area (TPSA) is 115 Å². The van der Waals surface area contributed by atoms with Gasteiger partial charge in [-0.15, -0.1) is 11.7 Å². The molecule has 3 rings (SSSR count). The van der Waals surface area contributed by atoms with E-state index in [1.54, 1.807) is 0 Å². The summed E-state index contributed by atoms with van der Waals surface area (Å²) in [6, 6.07) is 4.43. The van der Waals surface area contributed by atoms with Crippen molar-refractivity contribution in [1.29, 1.82) is 0 Å². The Labute approximate surface area is 209 Å². The van der Waals surface area contributed by atoms with Gasteiger partial charge in [-0.1, -0.05) is 23.7 Å². The third kappa shape index (κ3) is 5.63. The van der Waals surface area contributed by atoms with E-state index in [1.165, 1.54) is 18.2 Å². The minimum atomic E-state index is -3.39. The van der Waals surface area contributed by atoms with Crippen LogP contribution in [0, 0.1) is 11.6 Å². The Balaban J connectivity index is 2.19. The van der Waals surface area contributed by atoms with Crippen LogP contribution in [0.4, 0.5) is 27.6 Å². The van der Waals surface area contributed by atoms with Crippen molar-refractivity contribution < 1.29 is 41.4 Å². The van der Waals surface area contributed by atoms with Crippen LogP contribution in [0.5, 0.6) is 5.75 Å². The minimum absolute atomic E-state index is 0.248. The summed E-state index contributed by atoms with van der Waals surface area (Å²) in [5, 5.41) is 14.6. The number of benzene rings is 2. The lowest BCUT2D eigenvalue weighted by atomic mass is 10.1. The summed E-state index contributed by atoms with van der Waals surface area (Å²) >= 11 is 5.86. The summed E-state index contributed by atoms with van der Waals surface area (Å²) in [6.45, 7) is 1.33. The first kappa shape index (κ1) is 27.4. The van der Waals surface area contributed by atoms with Gasteiger partial charge in [0.2, 0.25) is 5.82 Å². The molecule has 15 heteroatoms. The monoisotopic (exact) mass is 546 g/mol. The highest BCUT2D eigenvalue weighted by Crippen LogP contribution is 2.30. The minimum Gasteiger partial charge on any atom is -0.481 e. The third-order valence-corrected chi connectivity index (χ3v) is 5.12. The number of halogens is 6. The fourth-order valence-corrected chi connectivity index (χ4v) is 3.31. The Hall–Kier alpha value is -4.20. The Morgan fingerprint density at radius 3 is 2.51 bits per heavy atom. The van der Waals surface area contributed by atoms with Gasteiger partial charge in [0, 0.05) is 12.6 Å². The summed E-state index contributed by atoms with van der Waals surface area (Å²) < 4.78 is 74.7. The third-order valence-electron chi connectivity index (χ3n) is 4.80. The van der Waals surface area contributed by atoms with Gasteiger partial charge in [0.1, 0.15) is 29.7 Å². The van der Waals surface area contributed by atoms with Crippen LogP contribution in [0.15, 0.2) is 47.8 Å². The standard InChI is InChI=1S/C22H16ClF5N4O5/c1-2-6-31-19(21(34)35)30-32(22(31)36)14-8-15(37-16(9-24)18(27)28)10(7-13(14)26)20(33)29-17-11(23)4-3-5-12(17)25/h2-5,7-8,16,18H,1,6,9H2,(H,29,33)(H,34,35)/t16-/m0/s1. The number of aromatic nitrogens is 3. The molecule has 1 heterocycles. The van der Waals surface area contributed by atoms with E-state index in [9.17, 15) is 37.1 Å². The number of alkyl halides is 3. The molecule has 0 radical (unpaired) electrons. The fraction of sp³-hybridized carbons (Fsp3) is 0.182. The van der Waals surface area contributed by atoms with Gasteiger partial charge < -0.3 is 15.2 Å². The molecule has 2 N–H and O–H groups in total. The number of nitrogens with zero attached hydrogens (tertiary/aromatic N) is 3. The maximum Gasteiger partial charge on any atom is 0.374 e. The fourth-order valence-electron chi connectivity index (χ4n) is 3.10. The molecule has 0 aliphatic rings. The van der Waals surface area contributed by atoms with E-state index >= 15 is 4.39 Å². The van der Waals surface area contributed by atoms with Crippen molar-refractivity contribution in [3.63, 3.8) is 0 Å². The first-order chi connectivity index (χ1) is 17.5. The van der Waals surface area contributed by atoms with Crippen LogP contribution in [0.3, 0.4) is 0 Å². The zero-order valence-electron chi connectivity index (χ0n) is 18.4. The van der Waals surface area contributed by atoms with Gasteiger partial charge in [-0.05, 0) is 18.2 Å². The Morgan fingerprint density at radius 2 is 1.95 bits per heavy atom. The van der Waals surface area contributed by atoms with Crippen LogP contribution in [-0.4, -0.2) is 50.5 Å². The van der Waals surface area contributed by atoms with Gasteiger partial charge in [-0.3, -0.25) is 9.36 Å². The predicted molar refractivity (Wildman–Crippen MR) is 121 cm³/mol. The number of allylic oxidation sites excluding steroid dienone is 1. The Bertz CT molecular complexity index is 1400. The molecule has 0 bridgehead atoms. The molecule has 37 heavy (non-hydrogen) atoms. The van der Waals surface area contributed by atoms with Crippen molar-refractivity contribution in [2.45, 2.75) is 19.1 Å². The van der Waals surface area contributed by atoms with Crippen molar-refractivity contribution in [2.24, 2.45) is 0 Å². The zero-order chi connectivity index (χ0) is 27.4. The summed E-state index contributed by atoms with van der Waals surface area (Å²) in [5.74, 6) is -6.91. The Kier molecular flexibility index (Phi) is 8.32. The molecule has 0 saturated heterocycles. The molecule has 0 saturated carbocycles. The van der Waals surface area contributed by atoms with E-state index in [0.717, 1.165) is 6.07 Å². The van der Waals surface area contributed by atoms with Crippen molar-refractivity contribution in [2.75, 3.05) is 12.0 Å². The van der Waals surface area contributed by atoms with Crippen LogP contribution in [0.2, 0.25) is 5.02 Å². The van der Waals surface area contributed by atoms with Crippen molar-refractivity contribution >= 4 is 29.2 Å². The normalized spacial score (nSPS) is 11.9. The molecular formula is C22H16ClF5N4O5. The van der Waals surface area contributed by atoms with Crippen LogP contribution in [0.1, 0.15) is 21.0 Å². The number of carbonyl (C=O) groups excluding carboxylic acids is 1. The number of para-hydroxylation sites is 1. The summed E-state index contributed by atoms with van der Waals surface area (Å²) in [7, 11) is 0. The van der Waals surface area contributed by atoms with Gasteiger partial charge in [-0.2, -0.15) is 4.68 Å². The van der Waals surface area contributed by atoms with Crippen molar-refractivity contribution in [3.05, 3.63) is 81.5 Å². The molecule has 0 fully saturated rings. The lowest BCUT2D eigenvalue weighted by Crippen LogP contribution is -2.29. The predicted octanol–water partition coefficient (Wildman–Crippen LogP) is 4.08. The zero-order valence-corrected chi connectivity index (χ0v) is 19.2. The van der Waals surface area contributed by atoms with E-state index in [2.05, 4.69) is 11.7 Å². The molecule has 196 valence electrons. The van der Waals surface area contributed by atoms with Crippen LogP contribution >= 0.6 is 11.6 Å². The van der Waals surface area contributed by atoms with E-state index in [4.69, 9.17) is 16.3 Å². The van der Waals surface area contributed by atoms with Crippen LogP contribution < -0.4 is 15.7 Å². The van der Waals surface area contributed by atoms with Gasteiger partial charge in [0.05, 0.1) is 16.3 Å². The number of carbonyl (C=O) groups is 2. The second-order valence-electron chi connectivity index (χ2n) is 7.22. The second kappa shape index (κ2) is 11.2. The Morgan fingerprint density at radius 1 is 1.24 bits per heavy atom. The number of hydrogen-bond acceptors (Lipinski definition) is 5. The smallest absolute Gasteiger partial charge is 0.374 e. The lowest BCUT2D eigenvalue weighted by molar-refractivity contribution is -0.00159. The highest BCUT2D eigenvalue weighted by atomic mass is 35.5. The molecule has 1 aromatic heterocycles. The van der Waals surface area contributed by atoms with Gasteiger partial charge in [-0.25, -0.2) is 31.5 Å². The highest BCUT2D eigenvalue weighted by Gasteiger charge is 2.28. The summed E-state index contributed by atoms with van der Waals surface area (Å²) in [4.78, 5) is 37.0. The van der Waals surface area contributed by atoms with E-state index in [-0.39, 0.29) is 16.2 Å². The molecule has 1 atom stereocenters. The second-order valence-corrected chi connectivity index (χ2v) is 7.63. The number of carboxylic acid groups (broad SMARTS) is 1. The number of nitrogens with one attached hydrogen (secondary N) is 1. The number of ether oxygens (including phenoxy) is 1. The average molecular weight is 547 g/mol. The summed E-state index contributed by atoms with van der Waals surface area (Å²) in [5.41, 5.74) is -3.28. The molecule has 9 nitrogen and oxygen atoms in total. The van der Waals surface area contributed by atoms with Gasteiger partial charge >= 0.3 is 11.7 Å². The number of carboxylic acids is 1.